The predicted molar refractivity (Wildman–Crippen MR) is 99.7 cm³/mol. The van der Waals surface area contributed by atoms with E-state index in [0.717, 1.165) is 23.9 Å². The third-order valence-electron chi connectivity index (χ3n) is 3.82. The third-order valence-corrected chi connectivity index (χ3v) is 4.76. The van der Waals surface area contributed by atoms with E-state index in [9.17, 15) is 28.1 Å². The summed E-state index contributed by atoms with van der Waals surface area (Å²) in [5.74, 6) is -0.466. The summed E-state index contributed by atoms with van der Waals surface area (Å²) in [7, 11) is 0. The molecule has 10 heteroatoms. The Morgan fingerprint density at radius 3 is 2.34 bits per heavy atom. The Balaban J connectivity index is 2.10. The van der Waals surface area contributed by atoms with Crippen LogP contribution in [0.5, 0.6) is 0 Å². The second-order valence-electron chi connectivity index (χ2n) is 5.88. The van der Waals surface area contributed by atoms with E-state index in [2.05, 4.69) is 9.97 Å². The van der Waals surface area contributed by atoms with Gasteiger partial charge in [-0.15, -0.1) is 0 Å². The Bertz CT molecular complexity index is 1090. The van der Waals surface area contributed by atoms with Gasteiger partial charge in [0, 0.05) is 28.2 Å². The largest absolute Gasteiger partial charge is 0.433 e. The molecule has 0 unspecified atom stereocenters. The standard InChI is InChI=1S/C19H12F3N3O3S/c1-11(26)14-9-13(25(27)28)7-8-16(14)29-18-23-15(12-5-3-2-4-6-12)10-17(24-18)19(20,21)22/h2-10H,1H3. The SMILES string of the molecule is CC(=O)c1cc([N+](=O)[O-])ccc1Sc1nc(-c2ccccc2)cc(C(F)(F)F)n1. The molecule has 0 spiro atoms. The van der Waals surface area contributed by atoms with Crippen molar-refractivity contribution >= 4 is 23.2 Å². The van der Waals surface area contributed by atoms with Crippen LogP contribution in [0.4, 0.5) is 18.9 Å². The Morgan fingerprint density at radius 2 is 1.76 bits per heavy atom. The van der Waals surface area contributed by atoms with E-state index in [4.69, 9.17) is 0 Å². The van der Waals surface area contributed by atoms with Gasteiger partial charge in [0.25, 0.3) is 5.69 Å². The topological polar surface area (TPSA) is 86.0 Å². The Kier molecular flexibility index (Phi) is 5.64. The molecule has 6 nitrogen and oxygen atoms in total. The molecule has 0 bridgehead atoms. The number of hydrogen-bond acceptors (Lipinski definition) is 6. The zero-order chi connectivity index (χ0) is 21.2. The highest BCUT2D eigenvalue weighted by atomic mass is 32.2. The number of halogens is 3. The zero-order valence-electron chi connectivity index (χ0n) is 14.8. The van der Waals surface area contributed by atoms with Gasteiger partial charge in [0.1, 0.15) is 5.69 Å². The van der Waals surface area contributed by atoms with Crippen LogP contribution in [-0.4, -0.2) is 20.7 Å². The van der Waals surface area contributed by atoms with Crippen molar-refractivity contribution in [1.82, 2.24) is 9.97 Å². The van der Waals surface area contributed by atoms with Crippen LogP contribution in [0.15, 0.2) is 64.6 Å². The lowest BCUT2D eigenvalue weighted by molar-refractivity contribution is -0.384. The van der Waals surface area contributed by atoms with Crippen LogP contribution in [0.2, 0.25) is 0 Å². The fraction of sp³-hybridized carbons (Fsp3) is 0.105. The quantitative estimate of drug-likeness (QED) is 0.237. The van der Waals surface area contributed by atoms with Gasteiger partial charge >= 0.3 is 6.18 Å². The number of benzene rings is 2. The van der Waals surface area contributed by atoms with Gasteiger partial charge in [-0.05, 0) is 30.8 Å². The fourth-order valence-electron chi connectivity index (χ4n) is 2.47. The summed E-state index contributed by atoms with van der Waals surface area (Å²) < 4.78 is 40.0. The van der Waals surface area contributed by atoms with Gasteiger partial charge in [-0.1, -0.05) is 30.3 Å². The average Bonchev–Trinajstić information content (AvgIpc) is 2.67. The average molecular weight is 419 g/mol. The fourth-order valence-corrected chi connectivity index (χ4v) is 3.40. The van der Waals surface area contributed by atoms with Crippen LogP contribution < -0.4 is 0 Å². The molecule has 148 valence electrons. The number of alkyl halides is 3. The smallest absolute Gasteiger partial charge is 0.294 e. The van der Waals surface area contributed by atoms with Gasteiger partial charge in [0.15, 0.2) is 10.9 Å². The van der Waals surface area contributed by atoms with Crippen LogP contribution in [0, 0.1) is 10.1 Å². The second kappa shape index (κ2) is 8.00. The Morgan fingerprint density at radius 1 is 1.07 bits per heavy atom. The molecule has 1 heterocycles. The summed E-state index contributed by atoms with van der Waals surface area (Å²) in [4.78, 5) is 30.1. The van der Waals surface area contributed by atoms with Crippen LogP contribution in [0.1, 0.15) is 23.0 Å². The van der Waals surface area contributed by atoms with Crippen LogP contribution >= 0.6 is 11.8 Å². The molecule has 1 aromatic heterocycles. The summed E-state index contributed by atoms with van der Waals surface area (Å²) in [6, 6.07) is 12.7. The number of rotatable bonds is 5. The number of carbonyl (C=O) groups excluding carboxylic acids is 1. The maximum atomic E-state index is 13.3. The zero-order valence-corrected chi connectivity index (χ0v) is 15.6. The van der Waals surface area contributed by atoms with E-state index in [1.165, 1.54) is 19.1 Å². The molecule has 0 aliphatic heterocycles. The number of non-ortho nitro benzene ring substituents is 1. The number of carbonyl (C=O) groups is 1. The third kappa shape index (κ3) is 4.77. The number of aromatic nitrogens is 2. The van der Waals surface area contributed by atoms with Gasteiger partial charge in [0.2, 0.25) is 0 Å². The molecule has 2 aromatic carbocycles. The normalized spacial score (nSPS) is 11.3. The lowest BCUT2D eigenvalue weighted by atomic mass is 10.1. The first-order chi connectivity index (χ1) is 13.6. The minimum Gasteiger partial charge on any atom is -0.294 e. The Labute approximate surface area is 167 Å². The lowest BCUT2D eigenvalue weighted by Crippen LogP contribution is -2.10. The molecule has 29 heavy (non-hydrogen) atoms. The maximum Gasteiger partial charge on any atom is 0.433 e. The van der Waals surface area contributed by atoms with Crippen LogP contribution in [0.3, 0.4) is 0 Å². The Hall–Kier alpha value is -3.27. The van der Waals surface area contributed by atoms with Gasteiger partial charge in [-0.3, -0.25) is 14.9 Å². The molecular formula is C19H12F3N3O3S. The number of nitro benzene ring substituents is 1. The van der Waals surface area contributed by atoms with Gasteiger partial charge in [-0.2, -0.15) is 13.2 Å². The maximum absolute atomic E-state index is 13.3. The van der Waals surface area contributed by atoms with E-state index in [1.807, 2.05) is 0 Å². The molecule has 0 atom stereocenters. The highest BCUT2D eigenvalue weighted by Crippen LogP contribution is 2.35. The number of nitro groups is 1. The van der Waals surface area contributed by atoms with E-state index in [-0.39, 0.29) is 27.0 Å². The molecular weight excluding hydrogens is 407 g/mol. The summed E-state index contributed by atoms with van der Waals surface area (Å²) in [6.07, 6.45) is -4.69. The van der Waals surface area contributed by atoms with Crippen molar-refractivity contribution in [2.24, 2.45) is 0 Å². The molecule has 3 rings (SSSR count). The molecule has 0 fully saturated rings. The monoisotopic (exact) mass is 419 g/mol. The number of hydrogen-bond donors (Lipinski definition) is 0. The minimum atomic E-state index is -4.69. The van der Waals surface area contributed by atoms with E-state index < -0.39 is 22.6 Å². The second-order valence-corrected chi connectivity index (χ2v) is 6.89. The lowest BCUT2D eigenvalue weighted by Gasteiger charge is -2.11. The first-order valence-electron chi connectivity index (χ1n) is 8.14. The summed E-state index contributed by atoms with van der Waals surface area (Å²) in [5, 5.41) is 10.7. The first kappa shape index (κ1) is 20.5. The van der Waals surface area contributed by atoms with Gasteiger partial charge in [-0.25, -0.2) is 9.97 Å². The van der Waals surface area contributed by atoms with Crippen LogP contribution in [0.25, 0.3) is 11.3 Å². The van der Waals surface area contributed by atoms with Gasteiger partial charge < -0.3 is 0 Å². The summed E-state index contributed by atoms with van der Waals surface area (Å²) in [5.41, 5.74) is -0.874. The molecule has 0 saturated heterocycles. The molecule has 0 N–H and O–H groups in total. The van der Waals surface area contributed by atoms with E-state index in [0.29, 0.717) is 5.56 Å². The summed E-state index contributed by atoms with van der Waals surface area (Å²) >= 11 is 0.736. The van der Waals surface area contributed by atoms with Gasteiger partial charge in [0.05, 0.1) is 10.6 Å². The number of Topliss-reactive ketones (excluding diaryl/α,β-unsaturated/α-hetero) is 1. The molecule has 0 aliphatic rings. The predicted octanol–water partition coefficient (Wildman–Crippen LogP) is 5.42. The molecule has 3 aromatic rings. The number of ketones is 1. The number of nitrogens with zero attached hydrogens (tertiary/aromatic N) is 3. The van der Waals surface area contributed by atoms with Crippen molar-refractivity contribution in [1.29, 1.82) is 0 Å². The van der Waals surface area contributed by atoms with Crippen molar-refractivity contribution in [2.45, 2.75) is 23.2 Å². The van der Waals surface area contributed by atoms with Crippen LogP contribution in [-0.2, 0) is 6.18 Å². The van der Waals surface area contributed by atoms with Crippen molar-refractivity contribution < 1.29 is 22.9 Å². The van der Waals surface area contributed by atoms with Crippen molar-refractivity contribution in [3.63, 3.8) is 0 Å². The minimum absolute atomic E-state index is 0.00599. The molecule has 0 saturated carbocycles. The molecule has 0 aliphatic carbocycles. The van der Waals surface area contributed by atoms with Crippen molar-refractivity contribution in [3.8, 4) is 11.3 Å². The van der Waals surface area contributed by atoms with Crippen molar-refractivity contribution in [2.75, 3.05) is 0 Å². The molecule has 0 amide bonds. The molecule has 0 radical (unpaired) electrons. The highest BCUT2D eigenvalue weighted by Gasteiger charge is 2.34. The van der Waals surface area contributed by atoms with E-state index in [1.54, 1.807) is 30.3 Å². The van der Waals surface area contributed by atoms with E-state index >= 15 is 0 Å². The summed E-state index contributed by atoms with van der Waals surface area (Å²) in [6.45, 7) is 1.21. The first-order valence-corrected chi connectivity index (χ1v) is 8.96. The van der Waals surface area contributed by atoms with Crippen molar-refractivity contribution in [3.05, 3.63) is 76.0 Å². The highest BCUT2D eigenvalue weighted by molar-refractivity contribution is 7.99.